The Morgan fingerprint density at radius 1 is 1.55 bits per heavy atom. The topological polar surface area (TPSA) is 76.5 Å². The Balaban J connectivity index is 1.57. The number of carbonyl (C=O) groups excluding carboxylic acids is 2. The summed E-state index contributed by atoms with van der Waals surface area (Å²) in [6.45, 7) is 4.43. The number of hydrogen-bond acceptors (Lipinski definition) is 4. The van der Waals surface area contributed by atoms with Crippen molar-refractivity contribution in [2.75, 3.05) is 19.6 Å². The minimum absolute atomic E-state index is 0.109. The maximum Gasteiger partial charge on any atom is 0.407 e. The maximum atomic E-state index is 12.4. The van der Waals surface area contributed by atoms with Gasteiger partial charge < -0.3 is 19.5 Å². The summed E-state index contributed by atoms with van der Waals surface area (Å²) in [5.74, 6) is 1.11. The Bertz CT molecular complexity index is 571. The van der Waals surface area contributed by atoms with Gasteiger partial charge in [-0.25, -0.2) is 9.78 Å². The van der Waals surface area contributed by atoms with Crippen LogP contribution in [0, 0.1) is 0 Å². The van der Waals surface area contributed by atoms with E-state index in [-0.39, 0.29) is 12.0 Å². The van der Waals surface area contributed by atoms with E-state index in [0.29, 0.717) is 26.1 Å². The van der Waals surface area contributed by atoms with Gasteiger partial charge >= 0.3 is 6.09 Å². The van der Waals surface area contributed by atoms with Crippen molar-refractivity contribution >= 4 is 12.0 Å². The summed E-state index contributed by atoms with van der Waals surface area (Å²) < 4.78 is 7.42. The molecular formula is C15H22N4O3. The summed E-state index contributed by atoms with van der Waals surface area (Å²) >= 11 is 0. The largest absolute Gasteiger partial charge is 0.439 e. The lowest BCUT2D eigenvalue weighted by molar-refractivity contribution is -0.137. The van der Waals surface area contributed by atoms with Crippen molar-refractivity contribution in [3.05, 3.63) is 18.2 Å². The highest BCUT2D eigenvalue weighted by atomic mass is 16.6. The van der Waals surface area contributed by atoms with E-state index in [1.54, 1.807) is 6.20 Å². The lowest BCUT2D eigenvalue weighted by atomic mass is 9.93. The van der Waals surface area contributed by atoms with E-state index in [2.05, 4.69) is 17.2 Å². The Labute approximate surface area is 129 Å². The molecule has 22 heavy (non-hydrogen) atoms. The molecule has 0 unspecified atom stereocenters. The van der Waals surface area contributed by atoms with Crippen LogP contribution in [0.1, 0.15) is 32.0 Å². The number of hydrogen-bond donors (Lipinski definition) is 1. The molecule has 2 aliphatic rings. The van der Waals surface area contributed by atoms with Crippen molar-refractivity contribution < 1.29 is 14.3 Å². The Morgan fingerprint density at radius 3 is 3.14 bits per heavy atom. The van der Waals surface area contributed by atoms with Crippen LogP contribution < -0.4 is 5.32 Å². The van der Waals surface area contributed by atoms with Crippen LogP contribution in [0.25, 0.3) is 0 Å². The number of likely N-dealkylation sites (tertiary alicyclic amines) is 1. The molecule has 1 spiro atoms. The summed E-state index contributed by atoms with van der Waals surface area (Å²) in [6, 6.07) is 0. The third-order valence-electron chi connectivity index (χ3n) is 4.44. The number of amides is 2. The number of aryl methyl sites for hydroxylation is 2. The molecule has 120 valence electrons. The highest BCUT2D eigenvalue weighted by Crippen LogP contribution is 2.28. The zero-order valence-corrected chi connectivity index (χ0v) is 12.9. The maximum absolute atomic E-state index is 12.4. The van der Waals surface area contributed by atoms with Gasteiger partial charge in [0.15, 0.2) is 0 Å². The number of nitrogens with zero attached hydrogens (tertiary/aromatic N) is 3. The zero-order chi connectivity index (χ0) is 15.6. The smallest absolute Gasteiger partial charge is 0.407 e. The number of aromatic nitrogens is 2. The summed E-state index contributed by atoms with van der Waals surface area (Å²) in [4.78, 5) is 29.8. The van der Waals surface area contributed by atoms with E-state index in [1.165, 1.54) is 0 Å². The second-order valence-electron chi connectivity index (χ2n) is 5.99. The molecule has 2 saturated heterocycles. The van der Waals surface area contributed by atoms with Gasteiger partial charge in [0, 0.05) is 38.3 Å². The highest BCUT2D eigenvalue weighted by molar-refractivity contribution is 5.77. The van der Waals surface area contributed by atoms with Crippen molar-refractivity contribution in [2.45, 2.75) is 44.8 Å². The molecule has 7 heteroatoms. The molecule has 0 aliphatic carbocycles. The van der Waals surface area contributed by atoms with Crippen molar-refractivity contribution in [2.24, 2.45) is 0 Å². The molecule has 7 nitrogen and oxygen atoms in total. The van der Waals surface area contributed by atoms with E-state index >= 15 is 0 Å². The van der Waals surface area contributed by atoms with E-state index in [4.69, 9.17) is 4.74 Å². The summed E-state index contributed by atoms with van der Waals surface area (Å²) in [5, 5.41) is 2.70. The first-order valence-corrected chi connectivity index (χ1v) is 7.86. The fourth-order valence-electron chi connectivity index (χ4n) is 3.27. The number of carbonyl (C=O) groups is 2. The number of rotatable bonds is 4. The molecule has 2 aliphatic heterocycles. The Hall–Kier alpha value is -2.05. The molecule has 0 bridgehead atoms. The Morgan fingerprint density at radius 2 is 2.41 bits per heavy atom. The minimum atomic E-state index is -0.519. The molecule has 0 saturated carbocycles. The average Bonchev–Trinajstić information content (AvgIpc) is 3.11. The number of nitrogens with one attached hydrogen (secondary N) is 1. The fourth-order valence-corrected chi connectivity index (χ4v) is 3.27. The molecule has 3 rings (SSSR count). The van der Waals surface area contributed by atoms with Crippen molar-refractivity contribution in [3.8, 4) is 0 Å². The van der Waals surface area contributed by atoms with Crippen LogP contribution in [0.15, 0.2) is 12.4 Å². The van der Waals surface area contributed by atoms with Crippen molar-refractivity contribution in [1.29, 1.82) is 0 Å². The van der Waals surface area contributed by atoms with E-state index in [1.807, 2.05) is 15.7 Å². The van der Waals surface area contributed by atoms with Crippen LogP contribution in [0.2, 0.25) is 0 Å². The van der Waals surface area contributed by atoms with Crippen LogP contribution in [-0.4, -0.2) is 51.7 Å². The van der Waals surface area contributed by atoms with E-state index in [9.17, 15) is 9.59 Å². The molecule has 1 N–H and O–H groups in total. The number of imidazole rings is 1. The van der Waals surface area contributed by atoms with E-state index < -0.39 is 5.60 Å². The van der Waals surface area contributed by atoms with Gasteiger partial charge in [0.1, 0.15) is 11.4 Å². The zero-order valence-electron chi connectivity index (χ0n) is 12.9. The molecule has 0 aromatic carbocycles. The molecule has 3 heterocycles. The first-order valence-electron chi connectivity index (χ1n) is 7.86. The van der Waals surface area contributed by atoms with Gasteiger partial charge in [-0.1, -0.05) is 6.92 Å². The first kappa shape index (κ1) is 14.9. The second-order valence-corrected chi connectivity index (χ2v) is 5.99. The monoisotopic (exact) mass is 306 g/mol. The number of alkyl carbamates (subject to hydrolysis) is 1. The molecule has 2 fully saturated rings. The number of piperidine rings is 1. The average molecular weight is 306 g/mol. The SMILES string of the molecule is CCc1nccn1CCC(=O)N1CCC[C@@]2(CNC(=O)O2)C1. The minimum Gasteiger partial charge on any atom is -0.439 e. The predicted octanol–water partition coefficient (Wildman–Crippen LogP) is 0.937. The highest BCUT2D eigenvalue weighted by Gasteiger charge is 2.44. The van der Waals surface area contributed by atoms with Crippen LogP contribution in [0.4, 0.5) is 4.79 Å². The Kier molecular flexibility index (Phi) is 4.04. The molecule has 1 aromatic rings. The number of ether oxygens (including phenoxy) is 1. The second kappa shape index (κ2) is 5.98. The van der Waals surface area contributed by atoms with Gasteiger partial charge in [-0.2, -0.15) is 0 Å². The molecular weight excluding hydrogens is 284 g/mol. The van der Waals surface area contributed by atoms with Crippen molar-refractivity contribution in [1.82, 2.24) is 19.8 Å². The standard InChI is InChI=1S/C15H22N4O3/c1-2-12-16-6-9-18(12)8-4-13(20)19-7-3-5-15(11-19)10-17-14(21)22-15/h6,9H,2-5,7-8,10-11H2,1H3,(H,17,21)/t15-/m1/s1. The third-order valence-corrected chi connectivity index (χ3v) is 4.44. The van der Waals surface area contributed by atoms with Crippen LogP contribution in [-0.2, 0) is 22.5 Å². The normalized spacial score (nSPS) is 24.4. The quantitative estimate of drug-likeness (QED) is 0.898. The van der Waals surface area contributed by atoms with Gasteiger partial charge in [0.2, 0.25) is 5.91 Å². The summed E-state index contributed by atoms with van der Waals surface area (Å²) in [6.07, 6.45) is 6.29. The van der Waals surface area contributed by atoms with Gasteiger partial charge in [-0.05, 0) is 12.8 Å². The molecule has 0 radical (unpaired) electrons. The van der Waals surface area contributed by atoms with Gasteiger partial charge in [-0.15, -0.1) is 0 Å². The van der Waals surface area contributed by atoms with Crippen LogP contribution in [0.3, 0.4) is 0 Å². The van der Waals surface area contributed by atoms with Crippen molar-refractivity contribution in [3.63, 3.8) is 0 Å². The molecule has 2 amide bonds. The third kappa shape index (κ3) is 2.93. The first-order chi connectivity index (χ1) is 10.6. The predicted molar refractivity (Wildman–Crippen MR) is 79.3 cm³/mol. The van der Waals surface area contributed by atoms with E-state index in [0.717, 1.165) is 31.6 Å². The fraction of sp³-hybridized carbons (Fsp3) is 0.667. The molecule has 1 aromatic heterocycles. The van der Waals surface area contributed by atoms with Gasteiger partial charge in [0.05, 0.1) is 13.1 Å². The molecule has 1 atom stereocenters. The van der Waals surface area contributed by atoms with Gasteiger partial charge in [0.25, 0.3) is 0 Å². The van der Waals surface area contributed by atoms with Crippen LogP contribution >= 0.6 is 0 Å². The van der Waals surface area contributed by atoms with Crippen LogP contribution in [0.5, 0.6) is 0 Å². The lowest BCUT2D eigenvalue weighted by Crippen LogP contribution is -2.52. The summed E-state index contributed by atoms with van der Waals surface area (Å²) in [7, 11) is 0. The summed E-state index contributed by atoms with van der Waals surface area (Å²) in [5.41, 5.74) is -0.519. The lowest BCUT2D eigenvalue weighted by Gasteiger charge is -2.38. The van der Waals surface area contributed by atoms with Gasteiger partial charge in [-0.3, -0.25) is 4.79 Å².